The molecule has 5 aromatic heterocycles. The van der Waals surface area contributed by atoms with Crippen LogP contribution in [0.15, 0.2) is 55.2 Å². The third-order valence-electron chi connectivity index (χ3n) is 4.77. The Balaban J connectivity index is 1.58. The number of anilines is 1. The molecule has 5 heterocycles. The molecule has 0 radical (unpaired) electrons. The summed E-state index contributed by atoms with van der Waals surface area (Å²) in [7, 11) is 0. The lowest BCUT2D eigenvalue weighted by atomic mass is 10.1. The molecule has 0 aliphatic carbocycles. The van der Waals surface area contributed by atoms with Crippen LogP contribution in [0.1, 0.15) is 13.3 Å². The van der Waals surface area contributed by atoms with Gasteiger partial charge in [0.25, 0.3) is 0 Å². The van der Waals surface area contributed by atoms with Crippen molar-refractivity contribution in [2.24, 2.45) is 0 Å². The largest absolute Gasteiger partial charge is 0.353 e. The summed E-state index contributed by atoms with van der Waals surface area (Å²) in [5.41, 5.74) is 5.78. The van der Waals surface area contributed by atoms with Gasteiger partial charge in [0, 0.05) is 58.6 Å². The van der Waals surface area contributed by atoms with Gasteiger partial charge in [0.1, 0.15) is 5.69 Å². The van der Waals surface area contributed by atoms with Crippen molar-refractivity contribution in [2.45, 2.75) is 13.3 Å². The minimum atomic E-state index is -0.0528. The second-order valence-corrected chi connectivity index (χ2v) is 6.70. The second-order valence-electron chi connectivity index (χ2n) is 6.70. The topological polar surface area (TPSA) is 112 Å². The lowest BCUT2D eigenvalue weighted by Gasteiger charge is -2.06. The fraction of sp³-hybridized carbons (Fsp3) is 0.0952. The van der Waals surface area contributed by atoms with Crippen LogP contribution in [0, 0.1) is 0 Å². The van der Waals surface area contributed by atoms with Crippen LogP contribution < -0.4 is 5.32 Å². The maximum Gasteiger partial charge on any atom is 0.224 e. The highest BCUT2D eigenvalue weighted by Gasteiger charge is 2.13. The SMILES string of the molecule is CCC(=O)Nc1cncc(-c2cnc3[nH]nc(-c4cc5cnccc5[nH]4)c3c2)c1. The first-order valence-electron chi connectivity index (χ1n) is 9.24. The highest BCUT2D eigenvalue weighted by molar-refractivity contribution is 5.96. The second kappa shape index (κ2) is 6.83. The van der Waals surface area contributed by atoms with Crippen LogP contribution in [0.3, 0.4) is 0 Å². The monoisotopic (exact) mass is 383 g/mol. The van der Waals surface area contributed by atoms with Gasteiger partial charge in [-0.05, 0) is 24.3 Å². The fourth-order valence-corrected chi connectivity index (χ4v) is 3.28. The van der Waals surface area contributed by atoms with E-state index >= 15 is 0 Å². The molecule has 29 heavy (non-hydrogen) atoms. The number of H-pyrrole nitrogens is 2. The van der Waals surface area contributed by atoms with Crippen LogP contribution in [0.2, 0.25) is 0 Å². The third kappa shape index (κ3) is 3.10. The van der Waals surface area contributed by atoms with Crippen molar-refractivity contribution in [3.8, 4) is 22.5 Å². The summed E-state index contributed by atoms with van der Waals surface area (Å²) < 4.78 is 0. The molecule has 1 amide bonds. The minimum absolute atomic E-state index is 0.0528. The number of aromatic nitrogens is 6. The lowest BCUT2D eigenvalue weighted by molar-refractivity contribution is -0.115. The van der Waals surface area contributed by atoms with Crippen molar-refractivity contribution < 1.29 is 4.79 Å². The van der Waals surface area contributed by atoms with Crippen molar-refractivity contribution in [3.05, 3.63) is 55.2 Å². The molecular formula is C21H17N7O. The average Bonchev–Trinajstić information content (AvgIpc) is 3.37. The van der Waals surface area contributed by atoms with Gasteiger partial charge in [-0.25, -0.2) is 4.98 Å². The smallest absolute Gasteiger partial charge is 0.224 e. The predicted molar refractivity (Wildman–Crippen MR) is 111 cm³/mol. The summed E-state index contributed by atoms with van der Waals surface area (Å²) in [6.07, 6.45) is 9.12. The zero-order chi connectivity index (χ0) is 19.8. The zero-order valence-electron chi connectivity index (χ0n) is 15.6. The Morgan fingerprint density at radius 3 is 2.83 bits per heavy atom. The molecule has 0 aromatic carbocycles. The Labute approximate surface area is 165 Å². The Kier molecular flexibility index (Phi) is 4.02. The molecule has 142 valence electrons. The van der Waals surface area contributed by atoms with Crippen molar-refractivity contribution in [3.63, 3.8) is 0 Å². The number of carbonyl (C=O) groups is 1. The summed E-state index contributed by atoms with van der Waals surface area (Å²) in [6, 6.07) is 7.86. The van der Waals surface area contributed by atoms with Crippen molar-refractivity contribution >= 4 is 33.5 Å². The molecule has 0 saturated heterocycles. The number of nitrogens with zero attached hydrogens (tertiary/aromatic N) is 4. The summed E-state index contributed by atoms with van der Waals surface area (Å²) in [5.74, 6) is -0.0528. The van der Waals surface area contributed by atoms with E-state index in [4.69, 9.17) is 0 Å². The third-order valence-corrected chi connectivity index (χ3v) is 4.77. The lowest BCUT2D eigenvalue weighted by Crippen LogP contribution is -2.09. The maximum atomic E-state index is 11.7. The molecule has 3 N–H and O–H groups in total. The van der Waals surface area contributed by atoms with Gasteiger partial charge in [-0.2, -0.15) is 5.10 Å². The van der Waals surface area contributed by atoms with Gasteiger partial charge in [0.15, 0.2) is 5.65 Å². The quantitative estimate of drug-likeness (QED) is 0.435. The molecule has 0 aliphatic heterocycles. The minimum Gasteiger partial charge on any atom is -0.353 e. The van der Waals surface area contributed by atoms with Crippen molar-refractivity contribution in [1.82, 2.24) is 30.1 Å². The normalized spacial score (nSPS) is 11.2. The molecule has 0 atom stereocenters. The van der Waals surface area contributed by atoms with E-state index in [1.807, 2.05) is 37.4 Å². The number of rotatable bonds is 4. The molecule has 8 nitrogen and oxygen atoms in total. The van der Waals surface area contributed by atoms with Crippen LogP contribution in [0.25, 0.3) is 44.5 Å². The summed E-state index contributed by atoms with van der Waals surface area (Å²) >= 11 is 0. The predicted octanol–water partition coefficient (Wildman–Crippen LogP) is 3.91. The number of pyridine rings is 3. The average molecular weight is 383 g/mol. The Hall–Kier alpha value is -4.07. The van der Waals surface area contributed by atoms with E-state index in [2.05, 4.69) is 35.5 Å². The van der Waals surface area contributed by atoms with E-state index in [1.54, 1.807) is 24.8 Å². The molecular weight excluding hydrogens is 366 g/mol. The first-order chi connectivity index (χ1) is 14.2. The molecule has 0 bridgehead atoms. The summed E-state index contributed by atoms with van der Waals surface area (Å²) in [6.45, 7) is 1.81. The van der Waals surface area contributed by atoms with Gasteiger partial charge in [0.05, 0.1) is 17.6 Å². The van der Waals surface area contributed by atoms with E-state index in [9.17, 15) is 4.79 Å². The van der Waals surface area contributed by atoms with E-state index < -0.39 is 0 Å². The Morgan fingerprint density at radius 1 is 1.07 bits per heavy atom. The van der Waals surface area contributed by atoms with Crippen LogP contribution in [-0.4, -0.2) is 36.0 Å². The van der Waals surface area contributed by atoms with E-state index in [0.717, 1.165) is 38.8 Å². The number of hydrogen-bond acceptors (Lipinski definition) is 5. The molecule has 0 unspecified atom stereocenters. The fourth-order valence-electron chi connectivity index (χ4n) is 3.28. The highest BCUT2D eigenvalue weighted by atomic mass is 16.1. The molecule has 0 fully saturated rings. The van der Waals surface area contributed by atoms with Gasteiger partial charge in [0.2, 0.25) is 5.91 Å². The molecule has 8 heteroatoms. The van der Waals surface area contributed by atoms with Gasteiger partial charge < -0.3 is 10.3 Å². The van der Waals surface area contributed by atoms with Gasteiger partial charge in [-0.3, -0.25) is 19.9 Å². The number of nitrogens with one attached hydrogen (secondary N) is 3. The number of aromatic amines is 2. The Morgan fingerprint density at radius 2 is 1.97 bits per heavy atom. The zero-order valence-corrected chi connectivity index (χ0v) is 15.6. The molecule has 0 saturated carbocycles. The number of amides is 1. The summed E-state index contributed by atoms with van der Waals surface area (Å²) in [5, 5.41) is 12.2. The highest BCUT2D eigenvalue weighted by Crippen LogP contribution is 2.30. The van der Waals surface area contributed by atoms with Crippen LogP contribution in [-0.2, 0) is 4.79 Å². The van der Waals surface area contributed by atoms with Gasteiger partial charge >= 0.3 is 0 Å². The van der Waals surface area contributed by atoms with E-state index in [1.165, 1.54) is 0 Å². The molecule has 0 aliphatic rings. The van der Waals surface area contributed by atoms with Crippen LogP contribution in [0.5, 0.6) is 0 Å². The molecule has 5 rings (SSSR count). The molecule has 0 spiro atoms. The van der Waals surface area contributed by atoms with E-state index in [0.29, 0.717) is 17.8 Å². The standard InChI is InChI=1S/C21H17N7O/c1-2-19(29)25-15-5-12(8-23-11-15)13-6-16-20(27-28-21(16)24-10-13)18-7-14-9-22-4-3-17(14)26-18/h3-11,26H,2H2,1H3,(H,25,29)(H,24,27,28). The van der Waals surface area contributed by atoms with E-state index in [-0.39, 0.29) is 5.91 Å². The summed E-state index contributed by atoms with van der Waals surface area (Å²) in [4.78, 5) is 28.0. The van der Waals surface area contributed by atoms with Gasteiger partial charge in [-0.1, -0.05) is 6.92 Å². The van der Waals surface area contributed by atoms with Gasteiger partial charge in [-0.15, -0.1) is 0 Å². The van der Waals surface area contributed by atoms with Crippen LogP contribution >= 0.6 is 0 Å². The maximum absolute atomic E-state index is 11.7. The number of fused-ring (bicyclic) bond motifs is 2. The number of carbonyl (C=O) groups excluding carboxylic acids is 1. The molecule has 5 aromatic rings. The van der Waals surface area contributed by atoms with Crippen molar-refractivity contribution in [2.75, 3.05) is 5.32 Å². The first kappa shape index (κ1) is 17.1. The number of hydrogen-bond donors (Lipinski definition) is 3. The Bertz CT molecular complexity index is 1320. The van der Waals surface area contributed by atoms with Crippen LogP contribution in [0.4, 0.5) is 5.69 Å². The van der Waals surface area contributed by atoms with Crippen molar-refractivity contribution in [1.29, 1.82) is 0 Å². The first-order valence-corrected chi connectivity index (χ1v) is 9.24.